The second-order valence-corrected chi connectivity index (χ2v) is 8.29. The van der Waals surface area contributed by atoms with Crippen molar-refractivity contribution in [1.82, 2.24) is 30.0 Å². The molecule has 1 N–H and O–H groups in total. The van der Waals surface area contributed by atoms with Crippen molar-refractivity contribution < 1.29 is 4.79 Å². The maximum absolute atomic E-state index is 13.0. The summed E-state index contributed by atoms with van der Waals surface area (Å²) in [6.07, 6.45) is 3.38. The summed E-state index contributed by atoms with van der Waals surface area (Å²) >= 11 is 0. The van der Waals surface area contributed by atoms with Crippen molar-refractivity contribution in [3.63, 3.8) is 0 Å². The monoisotopic (exact) mass is 391 g/mol. The van der Waals surface area contributed by atoms with Crippen LogP contribution in [0.5, 0.6) is 0 Å². The molecule has 0 unspecified atom stereocenters. The second-order valence-electron chi connectivity index (χ2n) is 8.29. The van der Waals surface area contributed by atoms with Gasteiger partial charge in [-0.25, -0.2) is 14.8 Å². The van der Waals surface area contributed by atoms with Crippen LogP contribution < -0.4 is 4.90 Å². The van der Waals surface area contributed by atoms with Crippen molar-refractivity contribution in [2.45, 2.75) is 13.0 Å². The first-order valence-electron chi connectivity index (χ1n) is 9.97. The molecule has 0 aliphatic carbocycles. The molecule has 3 atom stereocenters. The number of H-pyrrole nitrogens is 1. The van der Waals surface area contributed by atoms with Crippen molar-refractivity contribution >= 4 is 22.9 Å². The molecule has 2 fully saturated rings. The highest BCUT2D eigenvalue weighted by molar-refractivity contribution is 5.86. The lowest BCUT2D eigenvalue weighted by atomic mass is 9.88. The number of aromatic nitrogens is 4. The van der Waals surface area contributed by atoms with E-state index in [1.807, 2.05) is 14.1 Å². The van der Waals surface area contributed by atoms with E-state index in [-0.39, 0.29) is 12.1 Å². The van der Waals surface area contributed by atoms with E-state index in [2.05, 4.69) is 61.2 Å². The van der Waals surface area contributed by atoms with Crippen LogP contribution in [-0.4, -0.2) is 69.7 Å². The number of benzene rings is 1. The number of hydrogen-bond donors (Lipinski definition) is 1. The molecule has 8 heteroatoms. The van der Waals surface area contributed by atoms with Gasteiger partial charge in [0.05, 0.1) is 17.6 Å². The number of likely N-dealkylation sites (tertiary alicyclic amines) is 1. The van der Waals surface area contributed by atoms with Gasteiger partial charge in [0, 0.05) is 45.6 Å². The minimum Gasteiger partial charge on any atom is -0.355 e. The Morgan fingerprint density at radius 2 is 2.00 bits per heavy atom. The van der Waals surface area contributed by atoms with Crippen LogP contribution in [0.2, 0.25) is 0 Å². The van der Waals surface area contributed by atoms with Crippen molar-refractivity contribution in [2.75, 3.05) is 38.6 Å². The molecule has 2 aliphatic rings. The van der Waals surface area contributed by atoms with Crippen LogP contribution in [-0.2, 0) is 0 Å². The number of urea groups is 1. The van der Waals surface area contributed by atoms with E-state index in [0.29, 0.717) is 11.8 Å². The summed E-state index contributed by atoms with van der Waals surface area (Å²) in [5.41, 5.74) is 3.23. The molecule has 2 amide bonds. The summed E-state index contributed by atoms with van der Waals surface area (Å²) in [5.74, 6) is 1.68. The van der Waals surface area contributed by atoms with Crippen LogP contribution in [0.15, 0.2) is 36.8 Å². The molecule has 0 radical (unpaired) electrons. The van der Waals surface area contributed by atoms with E-state index >= 15 is 0 Å². The third-order valence-electron chi connectivity index (χ3n) is 6.33. The van der Waals surface area contributed by atoms with Gasteiger partial charge >= 0.3 is 6.03 Å². The molecule has 0 spiro atoms. The van der Waals surface area contributed by atoms with E-state index in [0.717, 1.165) is 36.5 Å². The number of nitrogens with one attached hydrogen (secondary N) is 1. The number of carbonyl (C=O) groups excluding carboxylic acids is 1. The highest BCUT2D eigenvalue weighted by atomic mass is 16.2. The smallest absolute Gasteiger partial charge is 0.320 e. The molecule has 1 aromatic carbocycles. The molecular weight excluding hydrogens is 366 g/mol. The first kappa shape index (κ1) is 17.9. The molecule has 2 aliphatic heterocycles. The normalized spacial score (nSPS) is 23.6. The molecule has 0 saturated carbocycles. The van der Waals surface area contributed by atoms with E-state index in [4.69, 9.17) is 0 Å². The van der Waals surface area contributed by atoms with Gasteiger partial charge in [-0.2, -0.15) is 5.10 Å². The molecule has 3 aromatic rings. The largest absolute Gasteiger partial charge is 0.355 e. The number of amides is 2. The third-order valence-corrected chi connectivity index (χ3v) is 6.33. The Balaban J connectivity index is 1.51. The minimum absolute atomic E-state index is 0.0720. The molecule has 4 heterocycles. The number of anilines is 1. The average Bonchev–Trinajstić information content (AvgIpc) is 3.41. The van der Waals surface area contributed by atoms with Gasteiger partial charge in [0.2, 0.25) is 0 Å². The number of carbonyl (C=O) groups is 1. The predicted molar refractivity (Wildman–Crippen MR) is 111 cm³/mol. The van der Waals surface area contributed by atoms with Gasteiger partial charge in [-0.3, -0.25) is 5.10 Å². The highest BCUT2D eigenvalue weighted by Gasteiger charge is 2.50. The lowest BCUT2D eigenvalue weighted by Crippen LogP contribution is -2.41. The van der Waals surface area contributed by atoms with Gasteiger partial charge < -0.3 is 14.7 Å². The fourth-order valence-corrected chi connectivity index (χ4v) is 4.99. The molecular formula is C21H25N7O. The maximum atomic E-state index is 13.0. The van der Waals surface area contributed by atoms with Crippen molar-refractivity contribution in [3.8, 4) is 0 Å². The fraction of sp³-hybridized carbons (Fsp3) is 0.429. The molecule has 2 saturated heterocycles. The third kappa shape index (κ3) is 2.82. The lowest BCUT2D eigenvalue weighted by Gasteiger charge is -2.32. The van der Waals surface area contributed by atoms with Gasteiger partial charge in [0.1, 0.15) is 12.1 Å². The summed E-state index contributed by atoms with van der Waals surface area (Å²) in [4.78, 5) is 27.9. The van der Waals surface area contributed by atoms with Gasteiger partial charge in [0.15, 0.2) is 5.65 Å². The zero-order valence-electron chi connectivity index (χ0n) is 16.9. The van der Waals surface area contributed by atoms with Crippen LogP contribution in [0.4, 0.5) is 10.6 Å². The average molecular weight is 391 g/mol. The molecule has 2 aromatic heterocycles. The van der Waals surface area contributed by atoms with E-state index in [1.54, 1.807) is 17.4 Å². The van der Waals surface area contributed by atoms with Crippen LogP contribution >= 0.6 is 0 Å². The Hall–Kier alpha value is -3.16. The minimum atomic E-state index is 0.0720. The van der Waals surface area contributed by atoms with Crippen molar-refractivity contribution in [2.24, 2.45) is 11.8 Å². The Bertz CT molecular complexity index is 1060. The summed E-state index contributed by atoms with van der Waals surface area (Å²) in [6.45, 7) is 4.63. The molecule has 5 rings (SSSR count). The van der Waals surface area contributed by atoms with Crippen LogP contribution in [0, 0.1) is 18.8 Å². The van der Waals surface area contributed by atoms with E-state index < -0.39 is 0 Å². The Kier molecular flexibility index (Phi) is 4.15. The Labute approximate surface area is 169 Å². The number of fused-ring (bicyclic) bond motifs is 2. The number of rotatable bonds is 2. The van der Waals surface area contributed by atoms with E-state index in [1.165, 1.54) is 11.1 Å². The number of nitrogens with zero attached hydrogens (tertiary/aromatic N) is 6. The Morgan fingerprint density at radius 3 is 2.79 bits per heavy atom. The van der Waals surface area contributed by atoms with Gasteiger partial charge in [-0.1, -0.05) is 24.3 Å². The predicted octanol–water partition coefficient (Wildman–Crippen LogP) is 2.45. The number of hydrogen-bond acceptors (Lipinski definition) is 5. The second kappa shape index (κ2) is 6.72. The first-order valence-corrected chi connectivity index (χ1v) is 9.97. The Morgan fingerprint density at radius 1 is 1.17 bits per heavy atom. The lowest BCUT2D eigenvalue weighted by molar-refractivity contribution is 0.159. The van der Waals surface area contributed by atoms with E-state index in [9.17, 15) is 4.79 Å². The summed E-state index contributed by atoms with van der Waals surface area (Å²) in [5, 5.41) is 7.99. The highest BCUT2D eigenvalue weighted by Crippen LogP contribution is 2.47. The summed E-state index contributed by atoms with van der Waals surface area (Å²) < 4.78 is 0. The molecule has 8 nitrogen and oxygen atoms in total. The zero-order valence-corrected chi connectivity index (χ0v) is 16.9. The first-order chi connectivity index (χ1) is 14.0. The number of aromatic amines is 1. The SMILES string of the molecule is Cc1ccccc1[C@H]1[C@@H]2CN(c3ncnc4[nH]ncc34)C[C@@H]2CN1C(=O)N(C)C. The fourth-order valence-electron chi connectivity index (χ4n) is 4.99. The summed E-state index contributed by atoms with van der Waals surface area (Å²) in [7, 11) is 3.66. The quantitative estimate of drug-likeness (QED) is 0.726. The van der Waals surface area contributed by atoms with Gasteiger partial charge in [0.25, 0.3) is 0 Å². The number of aryl methyl sites for hydroxylation is 1. The summed E-state index contributed by atoms with van der Waals surface area (Å²) in [6, 6.07) is 8.58. The van der Waals surface area contributed by atoms with Gasteiger partial charge in [-0.15, -0.1) is 0 Å². The van der Waals surface area contributed by atoms with Crippen molar-refractivity contribution in [3.05, 3.63) is 47.9 Å². The maximum Gasteiger partial charge on any atom is 0.320 e. The van der Waals surface area contributed by atoms with Crippen molar-refractivity contribution in [1.29, 1.82) is 0 Å². The van der Waals surface area contributed by atoms with Gasteiger partial charge in [-0.05, 0) is 18.1 Å². The zero-order chi connectivity index (χ0) is 20.1. The topological polar surface area (TPSA) is 81.2 Å². The van der Waals surface area contributed by atoms with Crippen LogP contribution in [0.1, 0.15) is 17.2 Å². The standard InChI is InChI=1S/C21H25N7O/c1-13-6-4-5-7-15(13)18-17-11-27(9-14(17)10-28(18)21(29)26(2)3)20-16-8-24-25-19(16)22-12-23-20/h4-8,12,14,17-18H,9-11H2,1-3H3,(H,22,23,24,25)/t14-,17-,18+/m1/s1. The molecule has 150 valence electrons. The van der Waals surface area contributed by atoms with Crippen LogP contribution in [0.25, 0.3) is 11.0 Å². The molecule has 0 bridgehead atoms. The van der Waals surface area contributed by atoms with Crippen LogP contribution in [0.3, 0.4) is 0 Å². The molecule has 29 heavy (non-hydrogen) atoms.